The number of carbonyl (C=O) groups is 2. The summed E-state index contributed by atoms with van der Waals surface area (Å²) in [6, 6.07) is 11.0. The van der Waals surface area contributed by atoms with Crippen LogP contribution in [0.25, 0.3) is 0 Å². The van der Waals surface area contributed by atoms with Crippen LogP contribution in [0.1, 0.15) is 46.3 Å². The second-order valence-electron chi connectivity index (χ2n) is 7.91. The van der Waals surface area contributed by atoms with Crippen molar-refractivity contribution in [3.05, 3.63) is 65.2 Å². The highest BCUT2D eigenvalue weighted by atomic mass is 16.3. The average Bonchev–Trinajstić information content (AvgIpc) is 3.34. The molecule has 0 unspecified atom stereocenters. The molecule has 31 heavy (non-hydrogen) atoms. The van der Waals surface area contributed by atoms with Crippen molar-refractivity contribution in [3.8, 4) is 0 Å². The molecule has 3 aromatic rings. The minimum atomic E-state index is -0.311. The smallest absolute Gasteiger partial charge is 0.324 e. The lowest BCUT2D eigenvalue weighted by atomic mass is 10.0. The van der Waals surface area contributed by atoms with Gasteiger partial charge in [-0.3, -0.25) is 10.1 Å². The fraction of sp³-hybridized carbons (Fsp3) is 0.348. The summed E-state index contributed by atoms with van der Waals surface area (Å²) >= 11 is 0. The minimum absolute atomic E-state index is 0.00391. The number of hydrogen-bond donors (Lipinski definition) is 2. The first-order valence-electron chi connectivity index (χ1n) is 10.5. The molecule has 1 aliphatic heterocycles. The van der Waals surface area contributed by atoms with E-state index in [2.05, 4.69) is 15.7 Å². The molecular formula is C23H27N5O3. The third kappa shape index (κ3) is 4.47. The number of carbonyl (C=O) groups excluding carboxylic acids is 2. The fourth-order valence-corrected chi connectivity index (χ4v) is 4.01. The average molecular weight is 422 g/mol. The van der Waals surface area contributed by atoms with Crippen molar-refractivity contribution < 1.29 is 14.0 Å². The molecule has 0 saturated carbocycles. The summed E-state index contributed by atoms with van der Waals surface area (Å²) in [5, 5.41) is 10.2. The number of aryl methyl sites for hydroxylation is 3. The van der Waals surface area contributed by atoms with Crippen LogP contribution < -0.4 is 10.6 Å². The fourth-order valence-electron chi connectivity index (χ4n) is 4.01. The quantitative estimate of drug-likeness (QED) is 0.648. The lowest BCUT2D eigenvalue weighted by Gasteiger charge is -2.32. The Balaban J connectivity index is 1.37. The number of nitrogens with zero attached hydrogens (tertiary/aromatic N) is 3. The molecule has 1 saturated heterocycles. The molecule has 1 aliphatic rings. The Morgan fingerprint density at radius 1 is 1.06 bits per heavy atom. The van der Waals surface area contributed by atoms with Crippen molar-refractivity contribution in [1.82, 2.24) is 14.7 Å². The van der Waals surface area contributed by atoms with Gasteiger partial charge in [-0.2, -0.15) is 5.10 Å². The predicted molar refractivity (Wildman–Crippen MR) is 118 cm³/mol. The molecule has 0 bridgehead atoms. The van der Waals surface area contributed by atoms with Gasteiger partial charge in [0, 0.05) is 24.8 Å². The number of anilines is 2. The third-order valence-corrected chi connectivity index (χ3v) is 5.67. The highest BCUT2D eigenvalue weighted by molar-refractivity contribution is 5.99. The van der Waals surface area contributed by atoms with Crippen LogP contribution in [0, 0.1) is 20.8 Å². The van der Waals surface area contributed by atoms with E-state index in [0.717, 1.165) is 29.9 Å². The largest absolute Gasteiger partial charge is 0.466 e. The highest BCUT2D eigenvalue weighted by Gasteiger charge is 2.28. The van der Waals surface area contributed by atoms with E-state index in [1.165, 1.54) is 0 Å². The maximum atomic E-state index is 12.8. The summed E-state index contributed by atoms with van der Waals surface area (Å²) in [6.07, 6.45) is 3.20. The Kier molecular flexibility index (Phi) is 5.79. The Morgan fingerprint density at radius 3 is 2.48 bits per heavy atom. The Labute approximate surface area is 181 Å². The molecule has 4 rings (SSSR count). The molecule has 3 heterocycles. The molecule has 2 aromatic heterocycles. The van der Waals surface area contributed by atoms with E-state index in [1.54, 1.807) is 18.3 Å². The molecule has 2 N–H and O–H groups in total. The molecule has 0 aliphatic carbocycles. The van der Waals surface area contributed by atoms with Gasteiger partial charge in [0.05, 0.1) is 17.8 Å². The van der Waals surface area contributed by atoms with Crippen molar-refractivity contribution >= 4 is 23.4 Å². The zero-order chi connectivity index (χ0) is 22.0. The Hall–Kier alpha value is -3.55. The molecule has 8 nitrogen and oxygen atoms in total. The number of piperidine rings is 1. The number of aromatic nitrogens is 2. The van der Waals surface area contributed by atoms with Gasteiger partial charge in [-0.05, 0) is 51.3 Å². The van der Waals surface area contributed by atoms with Crippen molar-refractivity contribution in [2.75, 3.05) is 23.7 Å². The van der Waals surface area contributed by atoms with Crippen LogP contribution in [-0.4, -0.2) is 39.7 Å². The van der Waals surface area contributed by atoms with E-state index in [-0.39, 0.29) is 18.0 Å². The van der Waals surface area contributed by atoms with E-state index in [4.69, 9.17) is 4.42 Å². The van der Waals surface area contributed by atoms with E-state index >= 15 is 0 Å². The molecule has 8 heteroatoms. The molecule has 1 aromatic carbocycles. The predicted octanol–water partition coefficient (Wildman–Crippen LogP) is 4.52. The van der Waals surface area contributed by atoms with Crippen LogP contribution in [0.3, 0.4) is 0 Å². The first-order chi connectivity index (χ1) is 14.9. The van der Waals surface area contributed by atoms with Crippen LogP contribution in [0.15, 0.2) is 47.0 Å². The van der Waals surface area contributed by atoms with Gasteiger partial charge in [-0.25, -0.2) is 9.48 Å². The van der Waals surface area contributed by atoms with E-state index in [1.807, 2.05) is 54.6 Å². The van der Waals surface area contributed by atoms with Gasteiger partial charge in [0.15, 0.2) is 0 Å². The topological polar surface area (TPSA) is 92.4 Å². The van der Waals surface area contributed by atoms with Gasteiger partial charge in [0.25, 0.3) is 5.91 Å². The number of nitrogens with one attached hydrogen (secondary N) is 2. The SMILES string of the molecule is Cc1cc(C(=O)N2CCC(n3nccc3NC(=O)Nc3ccccc3C)CC2)c(C)o1. The maximum Gasteiger partial charge on any atom is 0.324 e. The maximum absolute atomic E-state index is 12.8. The number of rotatable bonds is 4. The lowest BCUT2D eigenvalue weighted by Crippen LogP contribution is -2.39. The summed E-state index contributed by atoms with van der Waals surface area (Å²) in [6.45, 7) is 6.86. The number of hydrogen-bond acceptors (Lipinski definition) is 4. The van der Waals surface area contributed by atoms with Crippen LogP contribution >= 0.6 is 0 Å². The number of benzene rings is 1. The van der Waals surface area contributed by atoms with Gasteiger partial charge in [-0.1, -0.05) is 18.2 Å². The van der Waals surface area contributed by atoms with Gasteiger partial charge in [0.1, 0.15) is 17.3 Å². The van der Waals surface area contributed by atoms with Crippen molar-refractivity contribution in [2.24, 2.45) is 0 Å². The van der Waals surface area contributed by atoms with Gasteiger partial charge >= 0.3 is 6.03 Å². The summed E-state index contributed by atoms with van der Waals surface area (Å²) in [4.78, 5) is 27.1. The molecule has 162 valence electrons. The lowest BCUT2D eigenvalue weighted by molar-refractivity contribution is 0.0689. The molecule has 0 atom stereocenters. The Bertz CT molecular complexity index is 1090. The number of likely N-dealkylation sites (tertiary alicyclic amines) is 1. The molecular weight excluding hydrogens is 394 g/mol. The number of amides is 3. The highest BCUT2D eigenvalue weighted by Crippen LogP contribution is 2.27. The van der Waals surface area contributed by atoms with Gasteiger partial charge in [-0.15, -0.1) is 0 Å². The van der Waals surface area contributed by atoms with Gasteiger partial charge in [0.2, 0.25) is 0 Å². The van der Waals surface area contributed by atoms with Crippen molar-refractivity contribution in [3.63, 3.8) is 0 Å². The van der Waals surface area contributed by atoms with Crippen LogP contribution in [0.4, 0.5) is 16.3 Å². The summed E-state index contributed by atoms with van der Waals surface area (Å²) in [5.74, 6) is 2.04. The standard InChI is InChI=1S/C23H27N5O3/c1-15-6-4-5-7-20(15)25-23(30)26-21-8-11-24-28(21)18-9-12-27(13-10-18)22(29)19-14-16(2)31-17(19)3/h4-8,11,14,18H,9-10,12-13H2,1-3H3,(H2,25,26,30). The zero-order valence-corrected chi connectivity index (χ0v) is 18.0. The number of furan rings is 1. The number of urea groups is 1. The molecule has 3 amide bonds. The Morgan fingerprint density at radius 2 is 1.81 bits per heavy atom. The summed E-state index contributed by atoms with van der Waals surface area (Å²) in [7, 11) is 0. The zero-order valence-electron chi connectivity index (χ0n) is 18.0. The van der Waals surface area contributed by atoms with E-state index in [9.17, 15) is 9.59 Å². The first kappa shape index (κ1) is 20.7. The van der Waals surface area contributed by atoms with Crippen LogP contribution in [0.2, 0.25) is 0 Å². The second-order valence-corrected chi connectivity index (χ2v) is 7.91. The summed E-state index contributed by atoms with van der Waals surface area (Å²) in [5.41, 5.74) is 2.39. The summed E-state index contributed by atoms with van der Waals surface area (Å²) < 4.78 is 7.34. The van der Waals surface area contributed by atoms with Crippen molar-refractivity contribution in [2.45, 2.75) is 39.7 Å². The monoisotopic (exact) mass is 421 g/mol. The van der Waals surface area contributed by atoms with Gasteiger partial charge < -0.3 is 14.6 Å². The van der Waals surface area contributed by atoms with E-state index in [0.29, 0.717) is 30.2 Å². The van der Waals surface area contributed by atoms with Crippen LogP contribution in [0.5, 0.6) is 0 Å². The normalized spacial score (nSPS) is 14.5. The molecule has 1 fully saturated rings. The minimum Gasteiger partial charge on any atom is -0.466 e. The first-order valence-corrected chi connectivity index (χ1v) is 10.5. The van der Waals surface area contributed by atoms with Crippen molar-refractivity contribution in [1.29, 1.82) is 0 Å². The third-order valence-electron chi connectivity index (χ3n) is 5.67. The number of para-hydroxylation sites is 1. The second kappa shape index (κ2) is 8.67. The molecule has 0 radical (unpaired) electrons. The molecule has 0 spiro atoms. The van der Waals surface area contributed by atoms with Crippen LogP contribution in [-0.2, 0) is 0 Å². The van der Waals surface area contributed by atoms with E-state index < -0.39 is 0 Å².